The summed E-state index contributed by atoms with van der Waals surface area (Å²) in [4.78, 5) is 0. The summed E-state index contributed by atoms with van der Waals surface area (Å²) in [7, 11) is -1.49. The Morgan fingerprint density at radius 2 is 1.88 bits per heavy atom. The lowest BCUT2D eigenvalue weighted by Gasteiger charge is -2.37. The fourth-order valence-electron chi connectivity index (χ4n) is 3.30. The zero-order valence-electron chi connectivity index (χ0n) is 14.5. The highest BCUT2D eigenvalue weighted by molar-refractivity contribution is 7.88. The lowest BCUT2D eigenvalue weighted by atomic mass is 9.89. The Hall–Kier alpha value is -1.11. The van der Waals surface area contributed by atoms with Gasteiger partial charge in [-0.1, -0.05) is 12.1 Å². The van der Waals surface area contributed by atoms with Crippen LogP contribution in [0.15, 0.2) is 24.3 Å². The standard InChI is InChI=1S/C18H27NO4S/c1-22-17-7-5-14(6-8-17)11-16-12-19(24(2,20)21)10-9-18(16)23-13-15-3-4-15/h5-8,15-16,18H,3-4,9-13H2,1-2H3/t16-,18+/m1/s1. The highest BCUT2D eigenvalue weighted by Crippen LogP contribution is 2.32. The van der Waals surface area contributed by atoms with Crippen molar-refractivity contribution in [1.82, 2.24) is 4.31 Å². The van der Waals surface area contributed by atoms with Crippen LogP contribution in [0.25, 0.3) is 0 Å². The van der Waals surface area contributed by atoms with Crippen LogP contribution in [0.3, 0.4) is 0 Å². The van der Waals surface area contributed by atoms with E-state index in [4.69, 9.17) is 9.47 Å². The van der Waals surface area contributed by atoms with Gasteiger partial charge in [-0.2, -0.15) is 0 Å². The second-order valence-electron chi connectivity index (χ2n) is 7.04. The molecule has 5 nitrogen and oxygen atoms in total. The summed E-state index contributed by atoms with van der Waals surface area (Å²) >= 11 is 0. The molecular weight excluding hydrogens is 326 g/mol. The van der Waals surface area contributed by atoms with E-state index in [1.807, 2.05) is 12.1 Å². The minimum absolute atomic E-state index is 0.144. The van der Waals surface area contributed by atoms with Gasteiger partial charge in [0.25, 0.3) is 0 Å². The van der Waals surface area contributed by atoms with Gasteiger partial charge in [-0.05, 0) is 49.3 Å². The van der Waals surface area contributed by atoms with Gasteiger partial charge in [0.05, 0.1) is 19.5 Å². The molecule has 0 N–H and O–H groups in total. The second-order valence-corrected chi connectivity index (χ2v) is 9.02. The number of hydrogen-bond donors (Lipinski definition) is 0. The summed E-state index contributed by atoms with van der Waals surface area (Å²) in [6.07, 6.45) is 5.58. The largest absolute Gasteiger partial charge is 0.497 e. The van der Waals surface area contributed by atoms with Crippen molar-refractivity contribution in [3.05, 3.63) is 29.8 Å². The van der Waals surface area contributed by atoms with Crippen LogP contribution in [-0.2, 0) is 21.2 Å². The maximum absolute atomic E-state index is 11.9. The molecule has 134 valence electrons. The number of ether oxygens (including phenoxy) is 2. The van der Waals surface area contributed by atoms with Crippen molar-refractivity contribution in [3.63, 3.8) is 0 Å². The third-order valence-corrected chi connectivity index (χ3v) is 6.27. The minimum Gasteiger partial charge on any atom is -0.497 e. The molecule has 2 fully saturated rings. The van der Waals surface area contributed by atoms with Crippen molar-refractivity contribution in [2.45, 2.75) is 31.8 Å². The highest BCUT2D eigenvalue weighted by Gasteiger charge is 2.35. The SMILES string of the molecule is COc1ccc(C[C@@H]2CN(S(C)(=O)=O)CC[C@@H]2OCC2CC2)cc1. The molecule has 0 radical (unpaired) electrons. The molecule has 24 heavy (non-hydrogen) atoms. The number of nitrogens with zero attached hydrogens (tertiary/aromatic N) is 1. The first-order valence-corrected chi connectivity index (χ1v) is 10.5. The van der Waals surface area contributed by atoms with Crippen molar-refractivity contribution in [3.8, 4) is 5.75 Å². The quantitative estimate of drug-likeness (QED) is 0.755. The number of rotatable bonds is 7. The molecule has 1 saturated heterocycles. The molecule has 0 aromatic heterocycles. The Bertz CT molecular complexity index is 639. The lowest BCUT2D eigenvalue weighted by Crippen LogP contribution is -2.47. The van der Waals surface area contributed by atoms with E-state index >= 15 is 0 Å². The van der Waals surface area contributed by atoms with Crippen molar-refractivity contribution in [2.24, 2.45) is 11.8 Å². The molecule has 1 aromatic carbocycles. The van der Waals surface area contributed by atoms with E-state index in [2.05, 4.69) is 12.1 Å². The number of methoxy groups -OCH3 is 1. The molecule has 1 aliphatic heterocycles. The minimum atomic E-state index is -3.15. The van der Waals surface area contributed by atoms with Gasteiger partial charge in [0.2, 0.25) is 10.0 Å². The van der Waals surface area contributed by atoms with E-state index in [1.54, 1.807) is 11.4 Å². The van der Waals surface area contributed by atoms with Gasteiger partial charge in [0, 0.05) is 25.6 Å². The Morgan fingerprint density at radius 1 is 1.17 bits per heavy atom. The Balaban J connectivity index is 1.68. The van der Waals surface area contributed by atoms with E-state index in [1.165, 1.54) is 24.7 Å². The fourth-order valence-corrected chi connectivity index (χ4v) is 4.20. The monoisotopic (exact) mass is 353 g/mol. The zero-order valence-corrected chi connectivity index (χ0v) is 15.3. The summed E-state index contributed by atoms with van der Waals surface area (Å²) in [5, 5.41) is 0. The summed E-state index contributed by atoms with van der Waals surface area (Å²) in [5.74, 6) is 1.75. The lowest BCUT2D eigenvalue weighted by molar-refractivity contribution is -0.0231. The zero-order chi connectivity index (χ0) is 17.2. The van der Waals surface area contributed by atoms with Crippen molar-refractivity contribution in [1.29, 1.82) is 0 Å². The predicted molar refractivity (Wildman–Crippen MR) is 93.7 cm³/mol. The highest BCUT2D eigenvalue weighted by atomic mass is 32.2. The topological polar surface area (TPSA) is 55.8 Å². The van der Waals surface area contributed by atoms with Crippen LogP contribution in [0.1, 0.15) is 24.8 Å². The van der Waals surface area contributed by atoms with Crippen LogP contribution in [0.5, 0.6) is 5.75 Å². The van der Waals surface area contributed by atoms with Gasteiger partial charge in [0.1, 0.15) is 5.75 Å². The number of sulfonamides is 1. The van der Waals surface area contributed by atoms with Gasteiger partial charge in [0.15, 0.2) is 0 Å². The van der Waals surface area contributed by atoms with E-state index in [0.29, 0.717) is 13.1 Å². The van der Waals surface area contributed by atoms with Gasteiger partial charge < -0.3 is 9.47 Å². The van der Waals surface area contributed by atoms with E-state index in [0.717, 1.165) is 31.1 Å². The van der Waals surface area contributed by atoms with Crippen molar-refractivity contribution in [2.75, 3.05) is 33.1 Å². The maximum Gasteiger partial charge on any atom is 0.211 e. The summed E-state index contributed by atoms with van der Waals surface area (Å²) < 4.78 is 36.8. The first kappa shape index (κ1) is 17.7. The summed E-state index contributed by atoms with van der Waals surface area (Å²) in [5.41, 5.74) is 1.19. The fraction of sp³-hybridized carbons (Fsp3) is 0.667. The van der Waals surface area contributed by atoms with Crippen LogP contribution in [0.2, 0.25) is 0 Å². The van der Waals surface area contributed by atoms with Crippen LogP contribution in [0.4, 0.5) is 0 Å². The molecule has 0 unspecified atom stereocenters. The number of hydrogen-bond acceptors (Lipinski definition) is 4. The molecule has 3 rings (SSSR count). The van der Waals surface area contributed by atoms with Gasteiger partial charge >= 0.3 is 0 Å². The number of benzene rings is 1. The molecule has 1 aliphatic carbocycles. The third-order valence-electron chi connectivity index (χ3n) is 5.00. The molecule has 1 heterocycles. The first-order valence-electron chi connectivity index (χ1n) is 8.65. The van der Waals surface area contributed by atoms with Gasteiger partial charge in [-0.3, -0.25) is 0 Å². The molecule has 0 amide bonds. The van der Waals surface area contributed by atoms with Gasteiger partial charge in [-0.25, -0.2) is 12.7 Å². The third kappa shape index (κ3) is 4.71. The molecule has 2 aliphatic rings. The first-order chi connectivity index (χ1) is 11.5. The van der Waals surface area contributed by atoms with Gasteiger partial charge in [-0.15, -0.1) is 0 Å². The molecule has 0 bridgehead atoms. The van der Waals surface area contributed by atoms with E-state index < -0.39 is 10.0 Å². The normalized spacial score (nSPS) is 25.6. The molecule has 0 spiro atoms. The van der Waals surface area contributed by atoms with Crippen LogP contribution >= 0.6 is 0 Å². The molecular formula is C18H27NO4S. The molecule has 1 aromatic rings. The second kappa shape index (κ2) is 7.42. The van der Waals surface area contributed by atoms with E-state index in [-0.39, 0.29) is 12.0 Å². The van der Waals surface area contributed by atoms with Crippen molar-refractivity contribution >= 4 is 10.0 Å². The maximum atomic E-state index is 11.9. The molecule has 1 saturated carbocycles. The average Bonchev–Trinajstić information content (AvgIpc) is 3.38. The Kier molecular flexibility index (Phi) is 5.47. The smallest absolute Gasteiger partial charge is 0.211 e. The van der Waals surface area contributed by atoms with Crippen molar-refractivity contribution < 1.29 is 17.9 Å². The van der Waals surface area contributed by atoms with Crippen LogP contribution in [0, 0.1) is 11.8 Å². The van der Waals surface area contributed by atoms with Crippen LogP contribution in [-0.4, -0.2) is 51.9 Å². The van der Waals surface area contributed by atoms with Crippen LogP contribution < -0.4 is 4.74 Å². The van der Waals surface area contributed by atoms with E-state index in [9.17, 15) is 8.42 Å². The molecule has 2 atom stereocenters. The Morgan fingerprint density at radius 3 is 2.46 bits per heavy atom. The molecule has 6 heteroatoms. The Labute approximate surface area is 145 Å². The number of piperidine rings is 1. The average molecular weight is 353 g/mol. The summed E-state index contributed by atoms with van der Waals surface area (Å²) in [6, 6.07) is 8.01. The predicted octanol–water partition coefficient (Wildman–Crippen LogP) is 2.31. The summed E-state index contributed by atoms with van der Waals surface area (Å²) in [6.45, 7) is 1.93.